The first-order valence-electron chi connectivity index (χ1n) is 50.2. The second-order valence-electron chi connectivity index (χ2n) is 48.9. The minimum absolute atomic E-state index is 0.0169. The molecule has 7 heterocycles. The van der Waals surface area contributed by atoms with Gasteiger partial charge in [0, 0.05) is 129 Å². The van der Waals surface area contributed by atoms with Crippen LogP contribution < -0.4 is 64.2 Å². The van der Waals surface area contributed by atoms with Gasteiger partial charge in [-0.3, -0.25) is 57.5 Å². The number of nitrogens with two attached hydrogens (primary N) is 1. The summed E-state index contributed by atoms with van der Waals surface area (Å²) < 4.78 is 84.0. The summed E-state index contributed by atoms with van der Waals surface area (Å²) in [4.78, 5) is 207. The Bertz CT molecular complexity index is 5510. The minimum atomic E-state index is -3.69. The molecule has 5 saturated heterocycles. The van der Waals surface area contributed by atoms with E-state index in [-0.39, 0.29) is 123 Å². The number of likely N-dealkylation sites (tertiary alicyclic amines) is 3. The number of piperidine rings is 3. The van der Waals surface area contributed by atoms with Crippen LogP contribution in [-0.4, -0.2) is 315 Å². The predicted octanol–water partition coefficient (Wildman–Crippen LogP) is 4.31. The molecule has 145 heavy (non-hydrogen) atoms. The molecule has 13 N–H and O–H groups in total. The molecule has 9 fully saturated rings. The van der Waals surface area contributed by atoms with E-state index in [2.05, 4.69) is 77.6 Å². The highest BCUT2D eigenvalue weighted by molar-refractivity contribution is 7.89. The van der Waals surface area contributed by atoms with Crippen LogP contribution in [-0.2, 0) is 94.5 Å². The van der Waals surface area contributed by atoms with Crippen LogP contribution in [0.25, 0.3) is 0 Å². The zero-order valence-corrected chi connectivity index (χ0v) is 93.0. The van der Waals surface area contributed by atoms with Crippen molar-refractivity contribution in [3.63, 3.8) is 0 Å². The topological polar surface area (TPSA) is 543 Å². The Morgan fingerprint density at radius 3 is 1.07 bits per heavy atom. The molecule has 812 valence electrons. The predicted molar refractivity (Wildman–Crippen MR) is 548 cm³/mol. The molecule has 15 amide bonds. The number of sulfonamides is 1. The zero-order chi connectivity index (χ0) is 110. The molecule has 3 unspecified atom stereocenters. The van der Waals surface area contributed by atoms with E-state index in [0.29, 0.717) is 57.0 Å². The quantitative estimate of drug-likeness (QED) is 0.0251. The number of terminal acetylenes is 1. The number of hydrogen-bond acceptors (Lipinski definition) is 22. The van der Waals surface area contributed by atoms with Gasteiger partial charge in [0.2, 0.25) is 62.8 Å². The van der Waals surface area contributed by atoms with Gasteiger partial charge in [0.05, 0.1) is 23.0 Å². The third-order valence-corrected chi connectivity index (χ3v) is 37.7. The lowest BCUT2D eigenvalue weighted by molar-refractivity contribution is -0.145. The number of ketones is 3. The second kappa shape index (κ2) is 44.7. The van der Waals surface area contributed by atoms with Crippen LogP contribution in [0.3, 0.4) is 0 Å². The van der Waals surface area contributed by atoms with E-state index in [1.54, 1.807) is 32.2 Å². The minimum Gasteiger partial charge on any atom is -0.363 e. The van der Waals surface area contributed by atoms with Crippen molar-refractivity contribution in [1.29, 1.82) is 0 Å². The van der Waals surface area contributed by atoms with E-state index in [1.807, 2.05) is 152 Å². The van der Waals surface area contributed by atoms with E-state index < -0.39 is 224 Å². The molecule has 10 aliphatic rings. The lowest BCUT2D eigenvalue weighted by Gasteiger charge is -2.39. The fourth-order valence-electron chi connectivity index (χ4n) is 20.8. The van der Waals surface area contributed by atoms with Gasteiger partial charge in [-0.05, 0) is 121 Å². The van der Waals surface area contributed by atoms with E-state index >= 15 is 0 Å². The maximum atomic E-state index is 14.4. The van der Waals surface area contributed by atoms with Gasteiger partial charge in [-0.25, -0.2) is 22.8 Å². The number of primary amides is 1. The van der Waals surface area contributed by atoms with Crippen molar-refractivity contribution < 1.29 is 97.2 Å². The third kappa shape index (κ3) is 27.2. The van der Waals surface area contributed by atoms with Gasteiger partial charge < -0.3 is 78.9 Å². The maximum Gasteiger partial charge on any atom is 0.315 e. The van der Waals surface area contributed by atoms with Crippen molar-refractivity contribution in [3.05, 3.63) is 41.6 Å². The molecule has 18 atom stereocenters. The highest BCUT2D eigenvalue weighted by Gasteiger charge is 2.73. The fourth-order valence-corrected chi connectivity index (χ4v) is 26.4. The summed E-state index contributed by atoms with van der Waals surface area (Å²) in [7, 11) is -7.94. The third-order valence-electron chi connectivity index (χ3n) is 30.9. The molecule has 0 radical (unpaired) electrons. The monoisotopic (exact) mass is 2110 g/mol. The molecule has 1 aromatic heterocycles. The van der Waals surface area contributed by atoms with Gasteiger partial charge in [-0.1, -0.05) is 205 Å². The number of nitrogens with zero attached hydrogens (tertiary/aromatic N) is 8. The van der Waals surface area contributed by atoms with Gasteiger partial charge in [-0.15, -0.1) is 36.8 Å². The van der Waals surface area contributed by atoms with Gasteiger partial charge in [0.25, 0.3) is 38.1 Å². The molecular formula is C100H162N20O21S4. The Morgan fingerprint density at radius 2 is 0.793 bits per heavy atom. The Morgan fingerprint density at radius 1 is 0.469 bits per heavy atom. The second-order valence-corrected chi connectivity index (χ2v) is 55.9. The average Bonchev–Trinajstić information content (AvgIpc) is 1.53. The summed E-state index contributed by atoms with van der Waals surface area (Å²) in [5, 5.41) is 32.2. The Hall–Kier alpha value is -9.56. The summed E-state index contributed by atoms with van der Waals surface area (Å²) in [6.45, 7) is 57.3. The number of urea groups is 3. The molecule has 0 bridgehead atoms. The van der Waals surface area contributed by atoms with Crippen molar-refractivity contribution >= 4 is 130 Å². The number of amides is 15. The van der Waals surface area contributed by atoms with E-state index in [1.165, 1.54) is 73.8 Å². The molecule has 45 heteroatoms. The highest BCUT2D eigenvalue weighted by atomic mass is 32.2. The molecule has 4 aliphatic carbocycles. The van der Waals surface area contributed by atoms with Gasteiger partial charge in [-0.2, -0.15) is 38.4 Å². The standard InChI is InChI=1S/C34H55N7O7S.C33H57N7O7S.C33H50N6O7S2/c1-12-14-15-22(26(42)29(44)35-16-13-2)36-28(43)25-24-21(34(24,9)10)19-41(25)30(45)27(33(6,7)8)38-31(46)37-23(32(3,4)5)20-40-18-17-39(11)49(40,47)48;1-12-14-21(25(41)28(43)34-15-13-2)35-27(42)24-23-20(33(23,9)10)18-40(24)29(44)26(32(6,7)8)37-30(45)36-22(31(3,4)5)19-39-17-16-38(11)48(39,46)47;1-31(2,3)22(16-38-15-20-21(11-12-47-20)48(38,45)46)36-30(44)37-26(32(4,5)6)29(43)39-14-18-23(33(18,7)8)24(39)28(42)35-19(13-17-9-10-17)25(40)27(34)41/h1,13,21-25,27H,2,14-20H2,3-11H3,(H,35,44)(H,36,43)(H2,37,38,46);13,20-24,26H,2,12,14-19H2,1,3-11H3,(H,34,43)(H,35,42)(H2,36,37,45);11-12,17-19,22-24,26H,9-10,13-16H2,1-8H3,(H2,34,41)(H,35,42)(H2,36,37,44)/t21-,22?,23+,24-,25-,27+;20-,21?,22+,23-,24-,26+;18-,19?,22+,23-,24-,26+/m000/s1. The number of Topliss-reactive ketones (excluding diaryl/α,β-unsaturated/α-hetero) is 3. The molecule has 0 spiro atoms. The number of rotatable bonds is 37. The lowest BCUT2D eigenvalue weighted by Crippen LogP contribution is -2.62. The maximum absolute atomic E-state index is 14.4. The molecule has 4 saturated carbocycles. The van der Waals surface area contributed by atoms with Crippen LogP contribution >= 0.6 is 11.3 Å². The largest absolute Gasteiger partial charge is 0.363 e. The van der Waals surface area contributed by atoms with Crippen molar-refractivity contribution in [2.24, 2.45) is 95.9 Å². The summed E-state index contributed by atoms with van der Waals surface area (Å²) >= 11 is 1.38. The highest BCUT2D eigenvalue weighted by Crippen LogP contribution is 2.67. The first kappa shape index (κ1) is 119. The summed E-state index contributed by atoms with van der Waals surface area (Å²) in [6.07, 6.45) is 11.4. The van der Waals surface area contributed by atoms with Crippen LogP contribution in [0.5, 0.6) is 0 Å². The SMILES string of the molecule is C#CCCC(NC(=O)[C@@H]1[C@@H]2[C@H](CN1C(=O)[C@@H](NC(=O)N[C@H](CN1CCN(C)S1(=O)=O)C(C)(C)C)C(C)(C)C)C2(C)C)C(=O)C(=O)NCC=C.C=CCNC(=O)C(=O)C(CCC)NC(=O)[C@@H]1[C@@H]2[C@H](CN1C(=O)[C@@H](NC(=O)N[C@H](CN1CCN(C)S1(=O)=O)C(C)(C)C)C(C)(C)C)C2(C)C.CC(C)(C)[C@H](NC(=O)N[C@H](CN1Cc2sccc2S1(=O)=O)C(C)(C)C)C(=O)N1C[C@H]2[C@@H]([C@H]1C(=O)NC(CC1CC1)C(=O)C(N)=O)C2(C)C. The molecule has 6 aliphatic heterocycles. The van der Waals surface area contributed by atoms with Crippen molar-refractivity contribution in [3.8, 4) is 12.3 Å². The molecule has 11 rings (SSSR count). The normalized spacial score (nSPS) is 25.4. The van der Waals surface area contributed by atoms with E-state index in [4.69, 9.17) is 12.2 Å². The first-order valence-corrected chi connectivity index (χ1v) is 55.3. The summed E-state index contributed by atoms with van der Waals surface area (Å²) in [6, 6.07) is -11.2. The molecule has 41 nitrogen and oxygen atoms in total. The van der Waals surface area contributed by atoms with Crippen molar-refractivity contribution in [1.82, 2.24) is 94.7 Å². The van der Waals surface area contributed by atoms with Gasteiger partial charge in [0.15, 0.2) is 0 Å². The van der Waals surface area contributed by atoms with E-state index in [9.17, 15) is 97.2 Å². The van der Waals surface area contributed by atoms with E-state index in [0.717, 1.165) is 17.7 Å². The number of thiophene rings is 1. The summed E-state index contributed by atoms with van der Waals surface area (Å²) in [5.41, 5.74) is 0.736. The number of carbonyl (C=O) groups excluding carboxylic acids is 15. The van der Waals surface area contributed by atoms with Gasteiger partial charge >= 0.3 is 18.1 Å². The number of nitrogens with one attached hydrogen (secondary N) is 11. The smallest absolute Gasteiger partial charge is 0.315 e. The molecular weight excluding hydrogens is 1950 g/mol. The Labute approximate surface area is 861 Å². The average molecular weight is 2110 g/mol. The summed E-state index contributed by atoms with van der Waals surface area (Å²) in [5.74, 6) is -5.90. The number of hydrogen-bond donors (Lipinski definition) is 12. The molecule has 1 aromatic rings. The van der Waals surface area contributed by atoms with Crippen molar-refractivity contribution in [2.45, 2.75) is 302 Å². The van der Waals surface area contributed by atoms with Crippen LogP contribution in [0, 0.1) is 103 Å². The fraction of sp³-hybridized carbons (Fsp3) is 0.750. The van der Waals surface area contributed by atoms with Crippen LogP contribution in [0.4, 0.5) is 14.4 Å². The van der Waals surface area contributed by atoms with Gasteiger partial charge in [0.1, 0.15) is 36.3 Å². The molecule has 0 aromatic carbocycles. The van der Waals surface area contributed by atoms with Crippen LogP contribution in [0.2, 0.25) is 0 Å². The number of likely N-dealkylation sites (N-methyl/N-ethyl adjacent to an activating group) is 2. The lowest BCUT2D eigenvalue weighted by atomic mass is 9.85. The number of carbonyl (C=O) groups is 15. The first-order chi connectivity index (χ1) is 66.5. The number of fused-ring (bicyclic) bond motifs is 4. The Kier molecular flexibility index (Phi) is 36.7. The Balaban J connectivity index is 0.000000242. The van der Waals surface area contributed by atoms with Crippen LogP contribution in [0.1, 0.15) is 223 Å². The van der Waals surface area contributed by atoms with Crippen molar-refractivity contribution in [2.75, 3.05) is 92.6 Å². The van der Waals surface area contributed by atoms with Crippen LogP contribution in [0.15, 0.2) is 41.7 Å². The zero-order valence-electron chi connectivity index (χ0n) is 89.8.